The lowest BCUT2D eigenvalue weighted by Gasteiger charge is -2.15. The van der Waals surface area contributed by atoms with E-state index in [0.717, 1.165) is 29.0 Å². The Labute approximate surface area is 118 Å². The zero-order chi connectivity index (χ0) is 13.4. The minimum atomic E-state index is -0.181. The Hall–Kier alpha value is -0.410. The summed E-state index contributed by atoms with van der Waals surface area (Å²) in [5, 5.41) is 3.43. The van der Waals surface area contributed by atoms with Gasteiger partial charge in [0.1, 0.15) is 5.82 Å². The maximum atomic E-state index is 13.2. The summed E-state index contributed by atoms with van der Waals surface area (Å²) in [4.78, 5) is 0. The van der Waals surface area contributed by atoms with Crippen molar-refractivity contribution in [2.45, 2.75) is 46.1 Å². The molecule has 0 amide bonds. The quantitative estimate of drug-likeness (QED) is 0.720. The third kappa shape index (κ3) is 5.96. The second-order valence-corrected chi connectivity index (χ2v) is 5.74. The van der Waals surface area contributed by atoms with Gasteiger partial charge in [0, 0.05) is 11.0 Å². The van der Waals surface area contributed by atoms with Gasteiger partial charge in [0.2, 0.25) is 0 Å². The Morgan fingerprint density at radius 1 is 1.28 bits per heavy atom. The van der Waals surface area contributed by atoms with E-state index in [-0.39, 0.29) is 5.82 Å². The Balaban J connectivity index is 2.35. The average Bonchev–Trinajstić information content (AvgIpc) is 2.32. The molecule has 0 heterocycles. The molecule has 1 nitrogen and oxygen atoms in total. The molecule has 3 heteroatoms. The lowest BCUT2D eigenvalue weighted by atomic mass is 9.99. The predicted octanol–water partition coefficient (Wildman–Crippen LogP) is 4.89. The summed E-state index contributed by atoms with van der Waals surface area (Å²) in [6, 6.07) is 5.04. The highest BCUT2D eigenvalue weighted by molar-refractivity contribution is 9.10. The highest BCUT2D eigenvalue weighted by atomic mass is 79.9. The fourth-order valence-electron chi connectivity index (χ4n) is 2.08. The Bertz CT molecular complexity index is 334. The monoisotopic (exact) mass is 315 g/mol. The maximum absolute atomic E-state index is 13.2. The van der Waals surface area contributed by atoms with Crippen LogP contribution in [0.2, 0.25) is 0 Å². The van der Waals surface area contributed by atoms with Crippen LogP contribution in [0.15, 0.2) is 22.7 Å². The highest BCUT2D eigenvalue weighted by Gasteiger charge is 2.05. The molecule has 0 aromatic heterocycles. The number of hydrogen-bond acceptors (Lipinski definition) is 1. The Kier molecular flexibility index (Phi) is 7.52. The normalized spacial score (nSPS) is 12.7. The van der Waals surface area contributed by atoms with Crippen molar-refractivity contribution in [3.63, 3.8) is 0 Å². The van der Waals surface area contributed by atoms with Crippen LogP contribution in [0.5, 0.6) is 0 Å². The maximum Gasteiger partial charge on any atom is 0.124 e. The molecule has 0 aliphatic heterocycles. The number of benzene rings is 1. The van der Waals surface area contributed by atoms with Crippen LogP contribution in [0.1, 0.15) is 45.1 Å². The first-order valence-electron chi connectivity index (χ1n) is 6.81. The molecule has 0 bridgehead atoms. The number of halogens is 2. The first kappa shape index (κ1) is 15.6. The zero-order valence-electron chi connectivity index (χ0n) is 11.3. The highest BCUT2D eigenvalue weighted by Crippen LogP contribution is 2.15. The van der Waals surface area contributed by atoms with Crippen LogP contribution in [0.3, 0.4) is 0 Å². The Morgan fingerprint density at radius 2 is 2.06 bits per heavy atom. The zero-order valence-corrected chi connectivity index (χ0v) is 12.9. The molecule has 0 radical (unpaired) electrons. The summed E-state index contributed by atoms with van der Waals surface area (Å²) < 4.78 is 14.0. The largest absolute Gasteiger partial charge is 0.312 e. The summed E-state index contributed by atoms with van der Waals surface area (Å²) in [7, 11) is 0. The number of hydrogen-bond donors (Lipinski definition) is 1. The molecule has 102 valence electrons. The van der Waals surface area contributed by atoms with Gasteiger partial charge < -0.3 is 5.32 Å². The standard InChI is InChI=1S/C15H23BrFN/c1-3-5-6-12(4-2)10-18-11-13-7-14(16)9-15(17)8-13/h7-9,12,18H,3-6,10-11H2,1-2H3. The number of rotatable bonds is 8. The molecule has 1 unspecified atom stereocenters. The molecule has 18 heavy (non-hydrogen) atoms. The lowest BCUT2D eigenvalue weighted by Crippen LogP contribution is -2.22. The summed E-state index contributed by atoms with van der Waals surface area (Å²) >= 11 is 3.31. The summed E-state index contributed by atoms with van der Waals surface area (Å²) in [5.41, 5.74) is 0.993. The molecule has 1 rings (SSSR count). The van der Waals surface area contributed by atoms with E-state index in [0.29, 0.717) is 0 Å². The summed E-state index contributed by atoms with van der Waals surface area (Å²) in [5.74, 6) is 0.557. The van der Waals surface area contributed by atoms with Gasteiger partial charge in [-0.3, -0.25) is 0 Å². The van der Waals surface area contributed by atoms with Crippen molar-refractivity contribution in [2.75, 3.05) is 6.54 Å². The van der Waals surface area contributed by atoms with Gasteiger partial charge in [-0.2, -0.15) is 0 Å². The van der Waals surface area contributed by atoms with E-state index in [1.54, 1.807) is 6.07 Å². The average molecular weight is 316 g/mol. The van der Waals surface area contributed by atoms with Gasteiger partial charge >= 0.3 is 0 Å². The van der Waals surface area contributed by atoms with Gasteiger partial charge in [-0.1, -0.05) is 49.0 Å². The van der Waals surface area contributed by atoms with E-state index < -0.39 is 0 Å². The topological polar surface area (TPSA) is 12.0 Å². The van der Waals surface area contributed by atoms with Crippen LogP contribution in [0.4, 0.5) is 4.39 Å². The number of nitrogens with one attached hydrogen (secondary N) is 1. The van der Waals surface area contributed by atoms with Crippen LogP contribution in [0.25, 0.3) is 0 Å². The smallest absolute Gasteiger partial charge is 0.124 e. The molecular weight excluding hydrogens is 293 g/mol. The molecule has 1 atom stereocenters. The molecule has 0 saturated carbocycles. The third-order valence-electron chi connectivity index (χ3n) is 3.23. The van der Waals surface area contributed by atoms with Crippen LogP contribution < -0.4 is 5.32 Å². The van der Waals surface area contributed by atoms with E-state index >= 15 is 0 Å². The molecule has 1 aromatic rings. The van der Waals surface area contributed by atoms with Crippen molar-refractivity contribution in [1.82, 2.24) is 5.32 Å². The van der Waals surface area contributed by atoms with E-state index in [1.165, 1.54) is 31.7 Å². The van der Waals surface area contributed by atoms with Gasteiger partial charge in [0.15, 0.2) is 0 Å². The molecule has 0 aliphatic carbocycles. The second-order valence-electron chi connectivity index (χ2n) is 4.83. The summed E-state index contributed by atoms with van der Waals surface area (Å²) in [6.45, 7) is 6.22. The summed E-state index contributed by atoms with van der Waals surface area (Å²) in [6.07, 6.45) is 5.05. The van der Waals surface area contributed by atoms with E-state index in [2.05, 4.69) is 35.1 Å². The molecule has 1 aromatic carbocycles. The molecule has 0 aliphatic rings. The Morgan fingerprint density at radius 3 is 2.67 bits per heavy atom. The van der Waals surface area contributed by atoms with Crippen molar-refractivity contribution in [1.29, 1.82) is 0 Å². The van der Waals surface area contributed by atoms with Crippen molar-refractivity contribution in [2.24, 2.45) is 5.92 Å². The fourth-order valence-corrected chi connectivity index (χ4v) is 2.59. The van der Waals surface area contributed by atoms with Crippen LogP contribution >= 0.6 is 15.9 Å². The molecule has 1 N–H and O–H groups in total. The van der Waals surface area contributed by atoms with E-state index in [4.69, 9.17) is 0 Å². The van der Waals surface area contributed by atoms with Gasteiger partial charge in [-0.05, 0) is 42.6 Å². The molecule has 0 fully saturated rings. The first-order valence-corrected chi connectivity index (χ1v) is 7.60. The van der Waals surface area contributed by atoms with Crippen LogP contribution in [-0.4, -0.2) is 6.54 Å². The fraction of sp³-hybridized carbons (Fsp3) is 0.600. The van der Waals surface area contributed by atoms with Crippen molar-refractivity contribution >= 4 is 15.9 Å². The van der Waals surface area contributed by atoms with E-state index in [1.807, 2.05) is 6.07 Å². The molecule has 0 spiro atoms. The van der Waals surface area contributed by atoms with E-state index in [9.17, 15) is 4.39 Å². The van der Waals surface area contributed by atoms with Crippen molar-refractivity contribution in [3.8, 4) is 0 Å². The van der Waals surface area contributed by atoms with Gasteiger partial charge in [0.25, 0.3) is 0 Å². The predicted molar refractivity (Wildman–Crippen MR) is 79.1 cm³/mol. The van der Waals surface area contributed by atoms with Crippen molar-refractivity contribution in [3.05, 3.63) is 34.1 Å². The molecule has 0 saturated heterocycles. The van der Waals surface area contributed by atoms with Crippen LogP contribution in [0, 0.1) is 11.7 Å². The second kappa shape index (κ2) is 8.65. The first-order chi connectivity index (χ1) is 8.65. The SMILES string of the molecule is CCCCC(CC)CNCc1cc(F)cc(Br)c1. The van der Waals surface area contributed by atoms with Gasteiger partial charge in [0.05, 0.1) is 0 Å². The van der Waals surface area contributed by atoms with Crippen LogP contribution in [-0.2, 0) is 6.54 Å². The van der Waals surface area contributed by atoms with Gasteiger partial charge in [-0.15, -0.1) is 0 Å². The van der Waals surface area contributed by atoms with Gasteiger partial charge in [-0.25, -0.2) is 4.39 Å². The number of unbranched alkanes of at least 4 members (excludes halogenated alkanes) is 1. The van der Waals surface area contributed by atoms with Crippen molar-refractivity contribution < 1.29 is 4.39 Å². The third-order valence-corrected chi connectivity index (χ3v) is 3.69. The minimum absolute atomic E-state index is 0.181. The minimum Gasteiger partial charge on any atom is -0.312 e. The lowest BCUT2D eigenvalue weighted by molar-refractivity contribution is 0.419. The molecular formula is C15H23BrFN.